The van der Waals surface area contributed by atoms with E-state index in [1.807, 2.05) is 0 Å². The Hall–Kier alpha value is -1.43. The van der Waals surface area contributed by atoms with E-state index in [0.29, 0.717) is 18.6 Å². The van der Waals surface area contributed by atoms with Crippen LogP contribution in [0.4, 0.5) is 0 Å². The summed E-state index contributed by atoms with van der Waals surface area (Å²) in [6.45, 7) is 0.317. The summed E-state index contributed by atoms with van der Waals surface area (Å²) >= 11 is 0. The number of amides is 1. The second-order valence-corrected chi connectivity index (χ2v) is 3.99. The van der Waals surface area contributed by atoms with Crippen LogP contribution >= 0.6 is 0 Å². The minimum Gasteiger partial charge on any atom is -0.396 e. The van der Waals surface area contributed by atoms with Gasteiger partial charge in [-0.25, -0.2) is 0 Å². The lowest BCUT2D eigenvalue weighted by molar-refractivity contribution is 0.0878. The molecule has 0 aliphatic heterocycles. The van der Waals surface area contributed by atoms with Gasteiger partial charge >= 0.3 is 0 Å². The molecule has 0 saturated heterocycles. The molecule has 5 nitrogen and oxygen atoms in total. The van der Waals surface area contributed by atoms with Gasteiger partial charge in [-0.05, 0) is 24.1 Å². The highest BCUT2D eigenvalue weighted by atomic mass is 16.5. The Bertz CT molecular complexity index is 358. The number of benzene rings is 1. The van der Waals surface area contributed by atoms with Gasteiger partial charge in [0.2, 0.25) is 0 Å². The van der Waals surface area contributed by atoms with E-state index in [4.69, 9.17) is 14.9 Å². The highest BCUT2D eigenvalue weighted by Gasteiger charge is 2.13. The largest absolute Gasteiger partial charge is 0.396 e. The van der Waals surface area contributed by atoms with Crippen molar-refractivity contribution in [1.82, 2.24) is 5.32 Å². The summed E-state index contributed by atoms with van der Waals surface area (Å²) < 4.78 is 4.97. The lowest BCUT2D eigenvalue weighted by atomic mass is 10.1. The van der Waals surface area contributed by atoms with Crippen LogP contribution in [0.5, 0.6) is 0 Å². The standard InChI is InChI=1S/C13H19NO4/c1-18-9-12(6-7-15)14-13(17)11-4-2-10(8-16)3-5-11/h2-5,12,15-16H,6-9H2,1H3,(H,14,17). The molecule has 0 radical (unpaired) electrons. The minimum absolute atomic E-state index is 0.00223. The Labute approximate surface area is 106 Å². The fourth-order valence-corrected chi connectivity index (χ4v) is 1.58. The third-order valence-electron chi connectivity index (χ3n) is 2.58. The summed E-state index contributed by atoms with van der Waals surface area (Å²) in [5.74, 6) is -0.213. The SMILES string of the molecule is COCC(CCO)NC(=O)c1ccc(CO)cc1. The monoisotopic (exact) mass is 253 g/mol. The molecule has 0 aromatic heterocycles. The number of carbonyl (C=O) groups is 1. The number of rotatable bonds is 7. The molecule has 0 aliphatic carbocycles. The van der Waals surface area contributed by atoms with Crippen LogP contribution in [0.3, 0.4) is 0 Å². The zero-order valence-electron chi connectivity index (χ0n) is 10.4. The average molecular weight is 253 g/mol. The fraction of sp³-hybridized carbons (Fsp3) is 0.462. The maximum atomic E-state index is 11.9. The van der Waals surface area contributed by atoms with Crippen molar-refractivity contribution in [3.05, 3.63) is 35.4 Å². The zero-order valence-corrected chi connectivity index (χ0v) is 10.4. The molecule has 1 aromatic carbocycles. The number of hydrogen-bond donors (Lipinski definition) is 3. The summed E-state index contributed by atoms with van der Waals surface area (Å²) in [5.41, 5.74) is 1.28. The normalized spacial score (nSPS) is 12.2. The highest BCUT2D eigenvalue weighted by molar-refractivity contribution is 5.94. The Balaban J connectivity index is 2.61. The molecule has 0 fully saturated rings. The van der Waals surface area contributed by atoms with Crippen LogP contribution in [0.2, 0.25) is 0 Å². The molecule has 1 aromatic rings. The molecule has 1 amide bonds. The van der Waals surface area contributed by atoms with Gasteiger partial charge in [0.15, 0.2) is 0 Å². The molecule has 0 heterocycles. The van der Waals surface area contributed by atoms with Crippen molar-refractivity contribution < 1.29 is 19.7 Å². The van der Waals surface area contributed by atoms with E-state index in [1.54, 1.807) is 31.4 Å². The first kappa shape index (κ1) is 14.6. The topological polar surface area (TPSA) is 78.8 Å². The highest BCUT2D eigenvalue weighted by Crippen LogP contribution is 2.05. The maximum absolute atomic E-state index is 11.9. The second kappa shape index (κ2) is 7.81. The molecule has 100 valence electrons. The molecule has 0 aliphatic rings. The minimum atomic E-state index is -0.213. The van der Waals surface area contributed by atoms with Gasteiger partial charge in [-0.15, -0.1) is 0 Å². The third-order valence-corrected chi connectivity index (χ3v) is 2.58. The van der Waals surface area contributed by atoms with Crippen molar-refractivity contribution in [1.29, 1.82) is 0 Å². The Morgan fingerprint density at radius 2 is 2.00 bits per heavy atom. The van der Waals surface area contributed by atoms with E-state index in [0.717, 1.165) is 5.56 Å². The van der Waals surface area contributed by atoms with Crippen LogP contribution < -0.4 is 5.32 Å². The van der Waals surface area contributed by atoms with Gasteiger partial charge in [-0.2, -0.15) is 0 Å². The van der Waals surface area contributed by atoms with Gasteiger partial charge in [-0.1, -0.05) is 12.1 Å². The first-order valence-corrected chi connectivity index (χ1v) is 5.81. The van der Waals surface area contributed by atoms with Gasteiger partial charge in [0.25, 0.3) is 5.91 Å². The van der Waals surface area contributed by atoms with E-state index in [-0.39, 0.29) is 25.2 Å². The van der Waals surface area contributed by atoms with Gasteiger partial charge in [0.05, 0.1) is 19.3 Å². The average Bonchev–Trinajstić information content (AvgIpc) is 2.39. The van der Waals surface area contributed by atoms with Gasteiger partial charge in [-0.3, -0.25) is 4.79 Å². The van der Waals surface area contributed by atoms with E-state index in [9.17, 15) is 4.79 Å². The molecule has 0 spiro atoms. The number of aliphatic hydroxyl groups excluding tert-OH is 2. The summed E-state index contributed by atoms with van der Waals surface area (Å²) in [4.78, 5) is 11.9. The van der Waals surface area contributed by atoms with Crippen molar-refractivity contribution in [2.24, 2.45) is 0 Å². The Morgan fingerprint density at radius 3 is 2.50 bits per heavy atom. The lowest BCUT2D eigenvalue weighted by Gasteiger charge is -2.16. The van der Waals surface area contributed by atoms with Crippen molar-refractivity contribution in [2.75, 3.05) is 20.3 Å². The molecule has 1 rings (SSSR count). The number of carbonyl (C=O) groups excluding carboxylic acids is 1. The van der Waals surface area contributed by atoms with E-state index in [1.165, 1.54) is 0 Å². The number of nitrogens with one attached hydrogen (secondary N) is 1. The second-order valence-electron chi connectivity index (χ2n) is 3.99. The van der Waals surface area contributed by atoms with Crippen LogP contribution in [-0.4, -0.2) is 42.5 Å². The molecule has 0 saturated carbocycles. The Morgan fingerprint density at radius 1 is 1.33 bits per heavy atom. The van der Waals surface area contributed by atoms with Crippen molar-refractivity contribution >= 4 is 5.91 Å². The Kier molecular flexibility index (Phi) is 6.35. The first-order valence-electron chi connectivity index (χ1n) is 5.81. The predicted octanol–water partition coefficient (Wildman–Crippen LogP) is 0.306. The van der Waals surface area contributed by atoms with Crippen LogP contribution in [0.1, 0.15) is 22.3 Å². The van der Waals surface area contributed by atoms with Crippen LogP contribution in [0.25, 0.3) is 0 Å². The van der Waals surface area contributed by atoms with Crippen molar-refractivity contribution in [2.45, 2.75) is 19.1 Å². The number of ether oxygens (including phenoxy) is 1. The van der Waals surface area contributed by atoms with Crippen LogP contribution in [0, 0.1) is 0 Å². The summed E-state index contributed by atoms with van der Waals surface area (Å²) in [5, 5.41) is 20.6. The third kappa shape index (κ3) is 4.44. The quantitative estimate of drug-likeness (QED) is 0.653. The van der Waals surface area contributed by atoms with Gasteiger partial charge in [0.1, 0.15) is 0 Å². The number of methoxy groups -OCH3 is 1. The summed E-state index contributed by atoms with van der Waals surface area (Å²) in [6.07, 6.45) is 0.453. The number of hydrogen-bond acceptors (Lipinski definition) is 4. The van der Waals surface area contributed by atoms with Crippen molar-refractivity contribution in [3.8, 4) is 0 Å². The van der Waals surface area contributed by atoms with Crippen LogP contribution in [0.15, 0.2) is 24.3 Å². The molecule has 5 heteroatoms. The molecule has 1 unspecified atom stereocenters. The van der Waals surface area contributed by atoms with Gasteiger partial charge < -0.3 is 20.3 Å². The zero-order chi connectivity index (χ0) is 13.4. The van der Waals surface area contributed by atoms with Crippen LogP contribution in [-0.2, 0) is 11.3 Å². The maximum Gasteiger partial charge on any atom is 0.251 e. The molecule has 0 bridgehead atoms. The van der Waals surface area contributed by atoms with Crippen molar-refractivity contribution in [3.63, 3.8) is 0 Å². The predicted molar refractivity (Wildman–Crippen MR) is 67.2 cm³/mol. The molecule has 18 heavy (non-hydrogen) atoms. The number of aliphatic hydroxyl groups is 2. The van der Waals surface area contributed by atoms with Gasteiger partial charge in [0, 0.05) is 19.3 Å². The smallest absolute Gasteiger partial charge is 0.251 e. The molecular weight excluding hydrogens is 234 g/mol. The first-order chi connectivity index (χ1) is 8.71. The molecule has 3 N–H and O–H groups in total. The van der Waals surface area contributed by atoms with E-state index < -0.39 is 0 Å². The fourth-order valence-electron chi connectivity index (χ4n) is 1.58. The lowest BCUT2D eigenvalue weighted by Crippen LogP contribution is -2.38. The summed E-state index contributed by atoms with van der Waals surface area (Å²) in [7, 11) is 1.55. The molecule has 1 atom stereocenters. The summed E-state index contributed by atoms with van der Waals surface area (Å²) in [6, 6.07) is 6.51. The van der Waals surface area contributed by atoms with E-state index in [2.05, 4.69) is 5.32 Å². The molecular formula is C13H19NO4. The van der Waals surface area contributed by atoms with E-state index >= 15 is 0 Å².